The van der Waals surface area contributed by atoms with E-state index in [-0.39, 0.29) is 6.54 Å². The maximum Gasteiger partial charge on any atom is 0.246 e. The van der Waals surface area contributed by atoms with Crippen LogP contribution in [0.5, 0.6) is 0 Å². The SMILES string of the molecule is CN1CCCN(S(=O)(=O)c2ccc(F)c(CCl)c2F)CC1. The molecule has 2 rings (SSSR count). The van der Waals surface area contributed by atoms with E-state index in [2.05, 4.69) is 0 Å². The Morgan fingerprint density at radius 3 is 2.57 bits per heavy atom. The van der Waals surface area contributed by atoms with Crippen LogP contribution in [0.15, 0.2) is 17.0 Å². The predicted molar refractivity (Wildman–Crippen MR) is 76.8 cm³/mol. The molecule has 1 aliphatic heterocycles. The number of rotatable bonds is 3. The molecule has 1 heterocycles. The summed E-state index contributed by atoms with van der Waals surface area (Å²) in [7, 11) is -2.08. The van der Waals surface area contributed by atoms with E-state index in [1.54, 1.807) is 0 Å². The molecule has 0 aliphatic carbocycles. The van der Waals surface area contributed by atoms with Crippen LogP contribution >= 0.6 is 11.6 Å². The van der Waals surface area contributed by atoms with Crippen LogP contribution in [0.25, 0.3) is 0 Å². The van der Waals surface area contributed by atoms with Crippen LogP contribution in [0.1, 0.15) is 12.0 Å². The molecule has 118 valence electrons. The molecule has 0 unspecified atom stereocenters. The summed E-state index contributed by atoms with van der Waals surface area (Å²) in [4.78, 5) is 1.50. The zero-order chi connectivity index (χ0) is 15.6. The van der Waals surface area contributed by atoms with E-state index in [9.17, 15) is 17.2 Å². The average molecular weight is 339 g/mol. The number of nitrogens with zero attached hydrogens (tertiary/aromatic N) is 2. The number of sulfonamides is 1. The van der Waals surface area contributed by atoms with Crippen LogP contribution in [0.3, 0.4) is 0 Å². The van der Waals surface area contributed by atoms with Crippen LogP contribution < -0.4 is 0 Å². The fourth-order valence-electron chi connectivity index (χ4n) is 2.30. The Hall–Kier alpha value is -0.760. The molecule has 0 bridgehead atoms. The summed E-state index contributed by atoms with van der Waals surface area (Å²) in [6, 6.07) is 1.91. The summed E-state index contributed by atoms with van der Waals surface area (Å²) in [5, 5.41) is 0. The fourth-order valence-corrected chi connectivity index (χ4v) is 4.10. The quantitative estimate of drug-likeness (QED) is 0.792. The second kappa shape index (κ2) is 6.56. The Morgan fingerprint density at radius 2 is 1.90 bits per heavy atom. The number of benzene rings is 1. The van der Waals surface area contributed by atoms with E-state index in [0.717, 1.165) is 18.7 Å². The summed E-state index contributed by atoms with van der Waals surface area (Å²) >= 11 is 5.50. The van der Waals surface area contributed by atoms with Crippen LogP contribution in [-0.4, -0.2) is 50.8 Å². The lowest BCUT2D eigenvalue weighted by molar-refractivity contribution is 0.346. The van der Waals surface area contributed by atoms with E-state index < -0.39 is 38.0 Å². The zero-order valence-corrected chi connectivity index (χ0v) is 13.2. The highest BCUT2D eigenvalue weighted by Crippen LogP contribution is 2.25. The molecule has 1 fully saturated rings. The predicted octanol–water partition coefficient (Wildman–Crippen LogP) is 2.03. The van der Waals surface area contributed by atoms with Crippen molar-refractivity contribution in [2.24, 2.45) is 0 Å². The van der Waals surface area contributed by atoms with Gasteiger partial charge in [-0.2, -0.15) is 4.31 Å². The van der Waals surface area contributed by atoms with Crippen molar-refractivity contribution in [2.75, 3.05) is 33.2 Å². The monoisotopic (exact) mass is 338 g/mol. The number of likely N-dealkylation sites (N-methyl/N-ethyl adjacent to an activating group) is 1. The minimum atomic E-state index is -3.98. The third-order valence-electron chi connectivity index (χ3n) is 3.58. The van der Waals surface area contributed by atoms with E-state index in [1.165, 1.54) is 4.31 Å². The van der Waals surface area contributed by atoms with Crippen LogP contribution in [0.4, 0.5) is 8.78 Å². The molecule has 0 atom stereocenters. The molecule has 0 amide bonds. The highest BCUT2D eigenvalue weighted by Gasteiger charge is 2.30. The number of halogens is 3. The maximum absolute atomic E-state index is 14.2. The summed E-state index contributed by atoms with van der Waals surface area (Å²) in [5.74, 6) is -2.34. The molecule has 1 saturated heterocycles. The normalized spacial score (nSPS) is 18.7. The third kappa shape index (κ3) is 3.36. The minimum Gasteiger partial charge on any atom is -0.305 e. The Morgan fingerprint density at radius 1 is 1.19 bits per heavy atom. The van der Waals surface area contributed by atoms with Gasteiger partial charge in [-0.25, -0.2) is 17.2 Å². The van der Waals surface area contributed by atoms with Crippen LogP contribution in [0.2, 0.25) is 0 Å². The first kappa shape index (κ1) is 16.6. The molecule has 1 aromatic rings. The molecule has 0 aromatic heterocycles. The standard InChI is InChI=1S/C13H17ClF2N2O2S/c1-17-5-2-6-18(8-7-17)21(19,20)12-4-3-11(15)10(9-14)13(12)16/h3-4H,2,5-9H2,1H3. The van der Waals surface area contributed by atoms with Gasteiger partial charge in [0.1, 0.15) is 10.7 Å². The molecule has 4 nitrogen and oxygen atoms in total. The van der Waals surface area contributed by atoms with Crippen molar-refractivity contribution < 1.29 is 17.2 Å². The lowest BCUT2D eigenvalue weighted by Gasteiger charge is -2.21. The maximum atomic E-state index is 14.2. The first-order valence-electron chi connectivity index (χ1n) is 6.59. The highest BCUT2D eigenvalue weighted by molar-refractivity contribution is 7.89. The summed E-state index contributed by atoms with van der Waals surface area (Å²) in [6.07, 6.45) is 0.668. The van der Waals surface area contributed by atoms with Crippen molar-refractivity contribution in [3.05, 3.63) is 29.3 Å². The average Bonchev–Trinajstić information content (AvgIpc) is 2.64. The molecular formula is C13H17ClF2N2O2S. The van der Waals surface area contributed by atoms with Gasteiger partial charge in [0.25, 0.3) is 0 Å². The molecule has 1 aliphatic rings. The third-order valence-corrected chi connectivity index (χ3v) is 5.76. The summed E-state index contributed by atoms with van der Waals surface area (Å²) < 4.78 is 54.0. The van der Waals surface area contributed by atoms with Gasteiger partial charge in [0.2, 0.25) is 10.0 Å². The largest absolute Gasteiger partial charge is 0.305 e. The molecule has 1 aromatic carbocycles. The Bertz CT molecular complexity index is 625. The van der Waals surface area contributed by atoms with Gasteiger partial charge in [0.05, 0.1) is 5.88 Å². The first-order chi connectivity index (χ1) is 9.87. The van der Waals surface area contributed by atoms with E-state index in [1.807, 2.05) is 11.9 Å². The van der Waals surface area contributed by atoms with Gasteiger partial charge in [0.15, 0.2) is 5.82 Å². The van der Waals surface area contributed by atoms with Crippen molar-refractivity contribution in [3.63, 3.8) is 0 Å². The Labute approximate surface area is 128 Å². The van der Waals surface area contributed by atoms with Crippen molar-refractivity contribution >= 4 is 21.6 Å². The van der Waals surface area contributed by atoms with Gasteiger partial charge < -0.3 is 4.90 Å². The number of hydrogen-bond donors (Lipinski definition) is 0. The van der Waals surface area contributed by atoms with Crippen molar-refractivity contribution in [1.29, 1.82) is 0 Å². The Kier molecular flexibility index (Phi) is 5.19. The lowest BCUT2D eigenvalue weighted by atomic mass is 10.2. The van der Waals surface area contributed by atoms with Gasteiger partial charge >= 0.3 is 0 Å². The summed E-state index contributed by atoms with van der Waals surface area (Å²) in [6.45, 7) is 1.96. The van der Waals surface area contributed by atoms with Gasteiger partial charge in [-0.3, -0.25) is 0 Å². The second-order valence-electron chi connectivity index (χ2n) is 5.03. The summed E-state index contributed by atoms with van der Waals surface area (Å²) in [5.41, 5.74) is -0.412. The van der Waals surface area contributed by atoms with Crippen LogP contribution in [-0.2, 0) is 15.9 Å². The fraction of sp³-hybridized carbons (Fsp3) is 0.538. The molecule has 0 saturated carbocycles. The first-order valence-corrected chi connectivity index (χ1v) is 8.57. The molecule has 0 radical (unpaired) electrons. The Balaban J connectivity index is 2.40. The zero-order valence-electron chi connectivity index (χ0n) is 11.7. The van der Waals surface area contributed by atoms with Gasteiger partial charge in [-0.05, 0) is 32.1 Å². The molecule has 0 N–H and O–H groups in total. The number of hydrogen-bond acceptors (Lipinski definition) is 3. The molecule has 21 heavy (non-hydrogen) atoms. The second-order valence-corrected chi connectivity index (χ2v) is 7.21. The number of alkyl halides is 1. The van der Waals surface area contributed by atoms with Gasteiger partial charge in [-0.1, -0.05) is 0 Å². The van der Waals surface area contributed by atoms with Crippen LogP contribution in [0, 0.1) is 11.6 Å². The van der Waals surface area contributed by atoms with E-state index in [4.69, 9.17) is 11.6 Å². The van der Waals surface area contributed by atoms with Crippen molar-refractivity contribution in [1.82, 2.24) is 9.21 Å². The van der Waals surface area contributed by atoms with Gasteiger partial charge in [0, 0.05) is 25.2 Å². The molecular weight excluding hydrogens is 322 g/mol. The molecule has 8 heteroatoms. The van der Waals surface area contributed by atoms with Crippen molar-refractivity contribution in [2.45, 2.75) is 17.2 Å². The minimum absolute atomic E-state index is 0.284. The topological polar surface area (TPSA) is 40.6 Å². The van der Waals surface area contributed by atoms with E-state index in [0.29, 0.717) is 19.5 Å². The highest BCUT2D eigenvalue weighted by atomic mass is 35.5. The van der Waals surface area contributed by atoms with E-state index >= 15 is 0 Å². The lowest BCUT2D eigenvalue weighted by Crippen LogP contribution is -2.35. The van der Waals surface area contributed by atoms with Gasteiger partial charge in [-0.15, -0.1) is 11.6 Å². The molecule has 0 spiro atoms. The van der Waals surface area contributed by atoms with Crippen molar-refractivity contribution in [3.8, 4) is 0 Å². The smallest absolute Gasteiger partial charge is 0.246 e.